The number of nitrogens with one attached hydrogen (secondary N) is 1. The maximum Gasteiger partial charge on any atom is 0.0544 e. The lowest BCUT2D eigenvalue weighted by Gasteiger charge is -2.17. The summed E-state index contributed by atoms with van der Waals surface area (Å²) in [5.41, 5.74) is 1.24. The maximum atomic E-state index is 3.94. The van der Waals surface area contributed by atoms with E-state index in [2.05, 4.69) is 29.0 Å². The van der Waals surface area contributed by atoms with E-state index in [0.29, 0.717) is 6.04 Å². The Labute approximate surface area is 104 Å². The molecule has 0 amide bonds. The van der Waals surface area contributed by atoms with E-state index in [1.54, 1.807) is 6.20 Å². The predicted octanol–water partition coefficient (Wildman–Crippen LogP) is 3.26. The minimum Gasteiger partial charge on any atom is -0.310 e. The summed E-state index contributed by atoms with van der Waals surface area (Å²) in [6.45, 7) is 6.87. The third-order valence-electron chi connectivity index (χ3n) is 2.86. The fourth-order valence-electron chi connectivity index (χ4n) is 1.95. The Kier molecular flexibility index (Phi) is 7.23. The third kappa shape index (κ3) is 5.59. The minimum absolute atomic E-state index is 0.416. The van der Waals surface area contributed by atoms with Crippen LogP contribution in [0, 0.1) is 0 Å². The summed E-state index contributed by atoms with van der Waals surface area (Å²) in [4.78, 5) is 0. The molecule has 0 aliphatic heterocycles. The van der Waals surface area contributed by atoms with Crippen LogP contribution in [-0.2, 0) is 0 Å². The number of hydrogen-bond donors (Lipinski definition) is 1. The van der Waals surface area contributed by atoms with Gasteiger partial charge in [0.25, 0.3) is 0 Å². The normalized spacial score (nSPS) is 12.3. The Balaban J connectivity index is 2.36. The van der Waals surface area contributed by atoms with Crippen LogP contribution in [-0.4, -0.2) is 16.7 Å². The Morgan fingerprint density at radius 2 is 2.24 bits per heavy atom. The number of allylic oxidation sites excluding steroid dienone is 1. The average molecular weight is 233 g/mol. The highest BCUT2D eigenvalue weighted by atomic mass is 15.1. The molecule has 0 aromatic carbocycles. The second kappa shape index (κ2) is 8.88. The van der Waals surface area contributed by atoms with Crippen molar-refractivity contribution in [1.29, 1.82) is 0 Å². The molecule has 1 rings (SSSR count). The molecule has 1 heterocycles. The van der Waals surface area contributed by atoms with E-state index in [1.165, 1.54) is 24.8 Å². The fraction of sp³-hybridized carbons (Fsp3) is 0.571. The molecule has 1 atom stereocenters. The molecule has 0 aliphatic rings. The summed E-state index contributed by atoms with van der Waals surface area (Å²) in [5.74, 6) is 0. The summed E-state index contributed by atoms with van der Waals surface area (Å²) >= 11 is 0. The van der Waals surface area contributed by atoms with Crippen LogP contribution >= 0.6 is 0 Å². The van der Waals surface area contributed by atoms with Gasteiger partial charge in [0.15, 0.2) is 0 Å². The zero-order chi connectivity index (χ0) is 12.3. The highest BCUT2D eigenvalue weighted by Crippen LogP contribution is 2.18. The highest BCUT2D eigenvalue weighted by Gasteiger charge is 2.09. The van der Waals surface area contributed by atoms with Gasteiger partial charge in [-0.15, -0.1) is 6.58 Å². The number of unbranched alkanes of at least 4 members (excludes halogenated alkanes) is 3. The van der Waals surface area contributed by atoms with Gasteiger partial charge in [0.1, 0.15) is 0 Å². The molecule has 0 aliphatic carbocycles. The molecular weight excluding hydrogens is 210 g/mol. The van der Waals surface area contributed by atoms with Gasteiger partial charge in [0.2, 0.25) is 0 Å². The molecule has 3 heteroatoms. The van der Waals surface area contributed by atoms with Gasteiger partial charge < -0.3 is 5.32 Å². The number of aromatic nitrogens is 2. The Morgan fingerprint density at radius 3 is 2.88 bits per heavy atom. The van der Waals surface area contributed by atoms with Crippen molar-refractivity contribution in [2.75, 3.05) is 6.54 Å². The van der Waals surface area contributed by atoms with Crippen LogP contribution in [0.4, 0.5) is 0 Å². The van der Waals surface area contributed by atoms with Gasteiger partial charge >= 0.3 is 0 Å². The summed E-state index contributed by atoms with van der Waals surface area (Å²) in [6, 6.07) is 2.46. The summed E-state index contributed by atoms with van der Waals surface area (Å²) in [7, 11) is 0. The topological polar surface area (TPSA) is 37.8 Å². The number of nitrogens with zero attached hydrogens (tertiary/aromatic N) is 2. The molecule has 1 unspecified atom stereocenters. The van der Waals surface area contributed by atoms with Crippen molar-refractivity contribution in [2.45, 2.75) is 45.1 Å². The molecule has 0 bridgehead atoms. The van der Waals surface area contributed by atoms with Gasteiger partial charge in [-0.1, -0.05) is 25.8 Å². The van der Waals surface area contributed by atoms with Gasteiger partial charge in [0, 0.05) is 12.2 Å². The van der Waals surface area contributed by atoms with Gasteiger partial charge in [-0.05, 0) is 37.4 Å². The first-order valence-electron chi connectivity index (χ1n) is 6.49. The smallest absolute Gasteiger partial charge is 0.0544 e. The monoisotopic (exact) mass is 233 g/mol. The van der Waals surface area contributed by atoms with Crippen LogP contribution < -0.4 is 5.32 Å². The highest BCUT2D eigenvalue weighted by molar-refractivity contribution is 5.11. The second-order valence-electron chi connectivity index (χ2n) is 4.21. The van der Waals surface area contributed by atoms with Crippen LogP contribution in [0.5, 0.6) is 0 Å². The first-order valence-corrected chi connectivity index (χ1v) is 6.49. The molecular formula is C14H23N3. The van der Waals surface area contributed by atoms with Crippen molar-refractivity contribution in [1.82, 2.24) is 15.5 Å². The van der Waals surface area contributed by atoms with Crippen molar-refractivity contribution in [3.05, 3.63) is 36.7 Å². The third-order valence-corrected chi connectivity index (χ3v) is 2.86. The second-order valence-corrected chi connectivity index (χ2v) is 4.21. The van der Waals surface area contributed by atoms with Crippen molar-refractivity contribution in [2.24, 2.45) is 0 Å². The lowest BCUT2D eigenvalue weighted by Crippen LogP contribution is -2.21. The summed E-state index contributed by atoms with van der Waals surface area (Å²) in [6.07, 6.45) is 11.7. The van der Waals surface area contributed by atoms with E-state index in [9.17, 15) is 0 Å². The molecule has 0 saturated carbocycles. The molecule has 0 radical (unpaired) electrons. The van der Waals surface area contributed by atoms with Crippen molar-refractivity contribution in [3.8, 4) is 0 Å². The molecule has 3 nitrogen and oxygen atoms in total. The van der Waals surface area contributed by atoms with Gasteiger partial charge in [-0.3, -0.25) is 0 Å². The minimum atomic E-state index is 0.416. The lowest BCUT2D eigenvalue weighted by molar-refractivity contribution is 0.482. The van der Waals surface area contributed by atoms with Crippen molar-refractivity contribution in [3.63, 3.8) is 0 Å². The first kappa shape index (κ1) is 13.8. The summed E-state index contributed by atoms with van der Waals surface area (Å²) < 4.78 is 0. The Hall–Kier alpha value is -1.22. The molecule has 94 valence electrons. The molecule has 0 fully saturated rings. The predicted molar refractivity (Wildman–Crippen MR) is 71.7 cm³/mol. The van der Waals surface area contributed by atoms with Crippen LogP contribution in [0.2, 0.25) is 0 Å². The fourth-order valence-corrected chi connectivity index (χ4v) is 1.95. The molecule has 1 aromatic rings. The van der Waals surface area contributed by atoms with Crippen molar-refractivity contribution >= 4 is 0 Å². The number of rotatable bonds is 9. The Morgan fingerprint density at radius 1 is 1.35 bits per heavy atom. The van der Waals surface area contributed by atoms with Gasteiger partial charge in [-0.2, -0.15) is 10.2 Å². The van der Waals surface area contributed by atoms with E-state index in [-0.39, 0.29) is 0 Å². The standard InChI is InChI=1S/C14H23N3/c1-3-5-6-7-8-9-14(15-4-2)13-10-11-16-17-12-13/h3,10-12,14-15H,1,4-9H2,2H3. The molecule has 0 saturated heterocycles. The van der Waals surface area contributed by atoms with E-state index < -0.39 is 0 Å². The van der Waals surface area contributed by atoms with Gasteiger partial charge in [-0.25, -0.2) is 0 Å². The SMILES string of the molecule is C=CCCCCCC(NCC)c1ccnnc1. The zero-order valence-electron chi connectivity index (χ0n) is 10.7. The molecule has 17 heavy (non-hydrogen) atoms. The molecule has 1 aromatic heterocycles. The largest absolute Gasteiger partial charge is 0.310 e. The van der Waals surface area contributed by atoms with Crippen LogP contribution in [0.15, 0.2) is 31.1 Å². The number of hydrogen-bond acceptors (Lipinski definition) is 3. The van der Waals surface area contributed by atoms with Gasteiger partial charge in [0.05, 0.1) is 6.20 Å². The molecule has 1 N–H and O–H groups in total. The van der Waals surface area contributed by atoms with E-state index in [4.69, 9.17) is 0 Å². The zero-order valence-corrected chi connectivity index (χ0v) is 10.7. The van der Waals surface area contributed by atoms with E-state index in [0.717, 1.165) is 19.4 Å². The van der Waals surface area contributed by atoms with Crippen LogP contribution in [0.3, 0.4) is 0 Å². The van der Waals surface area contributed by atoms with Crippen LogP contribution in [0.25, 0.3) is 0 Å². The van der Waals surface area contributed by atoms with E-state index in [1.807, 2.05) is 18.3 Å². The summed E-state index contributed by atoms with van der Waals surface area (Å²) in [5, 5.41) is 11.3. The first-order chi connectivity index (χ1) is 8.38. The van der Waals surface area contributed by atoms with E-state index >= 15 is 0 Å². The van der Waals surface area contributed by atoms with Crippen molar-refractivity contribution < 1.29 is 0 Å². The Bertz CT molecular complexity index is 298. The average Bonchev–Trinajstić information content (AvgIpc) is 2.38. The maximum absolute atomic E-state index is 3.94. The van der Waals surface area contributed by atoms with Crippen LogP contribution in [0.1, 0.15) is 50.6 Å². The lowest BCUT2D eigenvalue weighted by atomic mass is 10.0. The molecule has 0 spiro atoms. The quantitative estimate of drug-likeness (QED) is 0.525.